The van der Waals surface area contributed by atoms with E-state index in [0.717, 1.165) is 22.0 Å². The summed E-state index contributed by atoms with van der Waals surface area (Å²) in [6.07, 6.45) is 2.27. The van der Waals surface area contributed by atoms with Crippen molar-refractivity contribution in [2.24, 2.45) is 0 Å². The van der Waals surface area contributed by atoms with Crippen molar-refractivity contribution in [3.63, 3.8) is 0 Å². The van der Waals surface area contributed by atoms with Crippen LogP contribution in [0.25, 0.3) is 10.9 Å². The van der Waals surface area contributed by atoms with Crippen LogP contribution in [0.1, 0.15) is 18.1 Å². The van der Waals surface area contributed by atoms with Crippen molar-refractivity contribution < 1.29 is 19.1 Å². The minimum Gasteiger partial charge on any atom is -0.493 e. The Bertz CT molecular complexity index is 1010. The Kier molecular flexibility index (Phi) is 6.39. The minimum absolute atomic E-state index is 0.250. The summed E-state index contributed by atoms with van der Waals surface area (Å²) >= 11 is 0. The van der Waals surface area contributed by atoms with Crippen molar-refractivity contribution in [1.29, 1.82) is 0 Å². The molecule has 1 atom stereocenters. The molecule has 7 nitrogen and oxygen atoms in total. The van der Waals surface area contributed by atoms with E-state index in [1.54, 1.807) is 20.3 Å². The second-order valence-corrected chi connectivity index (χ2v) is 6.72. The van der Waals surface area contributed by atoms with Crippen LogP contribution in [0, 0.1) is 0 Å². The van der Waals surface area contributed by atoms with E-state index >= 15 is 0 Å². The van der Waals surface area contributed by atoms with E-state index in [1.165, 1.54) is 6.92 Å². The lowest BCUT2D eigenvalue weighted by atomic mass is 10.0. The molecule has 0 radical (unpaired) electrons. The van der Waals surface area contributed by atoms with Crippen molar-refractivity contribution >= 4 is 22.7 Å². The van der Waals surface area contributed by atoms with Crippen molar-refractivity contribution in [3.05, 3.63) is 59.8 Å². The van der Waals surface area contributed by atoms with E-state index in [9.17, 15) is 9.59 Å². The average molecular weight is 395 g/mol. The summed E-state index contributed by atoms with van der Waals surface area (Å²) in [5, 5.41) is 6.68. The average Bonchev–Trinajstić information content (AvgIpc) is 3.13. The number of para-hydroxylation sites is 1. The highest BCUT2D eigenvalue weighted by atomic mass is 16.5. The van der Waals surface area contributed by atoms with Gasteiger partial charge in [-0.2, -0.15) is 0 Å². The first-order valence-corrected chi connectivity index (χ1v) is 9.32. The summed E-state index contributed by atoms with van der Waals surface area (Å²) in [5.41, 5.74) is 2.83. The van der Waals surface area contributed by atoms with Crippen LogP contribution >= 0.6 is 0 Å². The summed E-state index contributed by atoms with van der Waals surface area (Å²) in [4.78, 5) is 27.6. The van der Waals surface area contributed by atoms with Gasteiger partial charge in [0.05, 0.1) is 14.2 Å². The number of rotatable bonds is 8. The number of aromatic amines is 1. The summed E-state index contributed by atoms with van der Waals surface area (Å²) in [6.45, 7) is 1.72. The molecule has 0 saturated heterocycles. The SMILES string of the molecule is COc1ccc(CNC(=O)[C@H](Cc2c[nH]c3ccccc23)NC(C)=O)cc1OC. The number of carbonyl (C=O) groups excluding carboxylic acids is 2. The number of ether oxygens (including phenoxy) is 2. The molecule has 0 unspecified atom stereocenters. The van der Waals surface area contributed by atoms with Gasteiger partial charge in [0.2, 0.25) is 11.8 Å². The van der Waals surface area contributed by atoms with E-state index in [-0.39, 0.29) is 11.8 Å². The molecular weight excluding hydrogens is 370 g/mol. The van der Waals surface area contributed by atoms with Gasteiger partial charge in [0.15, 0.2) is 11.5 Å². The lowest BCUT2D eigenvalue weighted by Crippen LogP contribution is -2.47. The Balaban J connectivity index is 1.71. The number of amides is 2. The largest absolute Gasteiger partial charge is 0.493 e. The molecule has 152 valence electrons. The first kappa shape index (κ1) is 20.3. The van der Waals surface area contributed by atoms with Crippen molar-refractivity contribution in [1.82, 2.24) is 15.6 Å². The zero-order valence-electron chi connectivity index (χ0n) is 16.7. The Labute approximate surface area is 169 Å². The Morgan fingerprint density at radius 1 is 1.07 bits per heavy atom. The summed E-state index contributed by atoms with van der Waals surface area (Å²) in [6, 6.07) is 12.6. The molecule has 0 spiro atoms. The maximum Gasteiger partial charge on any atom is 0.243 e. The lowest BCUT2D eigenvalue weighted by Gasteiger charge is -2.18. The molecule has 0 aliphatic rings. The molecule has 2 aromatic carbocycles. The number of hydrogen-bond donors (Lipinski definition) is 3. The number of aromatic nitrogens is 1. The van der Waals surface area contributed by atoms with E-state index in [4.69, 9.17) is 9.47 Å². The Morgan fingerprint density at radius 2 is 1.83 bits per heavy atom. The van der Waals surface area contributed by atoms with Crippen LogP contribution in [0.15, 0.2) is 48.7 Å². The fraction of sp³-hybridized carbons (Fsp3) is 0.273. The van der Waals surface area contributed by atoms with Crippen LogP contribution in [-0.2, 0) is 22.6 Å². The van der Waals surface area contributed by atoms with Crippen LogP contribution in [0.4, 0.5) is 0 Å². The van der Waals surface area contributed by atoms with Gasteiger partial charge >= 0.3 is 0 Å². The predicted molar refractivity (Wildman–Crippen MR) is 111 cm³/mol. The van der Waals surface area contributed by atoms with Gasteiger partial charge in [-0.25, -0.2) is 0 Å². The van der Waals surface area contributed by atoms with Crippen molar-refractivity contribution in [3.8, 4) is 11.5 Å². The highest BCUT2D eigenvalue weighted by Crippen LogP contribution is 2.27. The van der Waals surface area contributed by atoms with E-state index in [1.807, 2.05) is 42.6 Å². The number of nitrogens with one attached hydrogen (secondary N) is 3. The molecule has 3 N–H and O–H groups in total. The van der Waals surface area contributed by atoms with Crippen LogP contribution < -0.4 is 20.1 Å². The molecule has 0 saturated carbocycles. The van der Waals surface area contributed by atoms with E-state index < -0.39 is 6.04 Å². The van der Waals surface area contributed by atoms with Gasteiger partial charge in [0, 0.05) is 37.0 Å². The van der Waals surface area contributed by atoms with Gasteiger partial charge in [-0.1, -0.05) is 24.3 Å². The molecule has 3 rings (SSSR count). The molecule has 29 heavy (non-hydrogen) atoms. The Hall–Kier alpha value is -3.48. The second-order valence-electron chi connectivity index (χ2n) is 6.72. The van der Waals surface area contributed by atoms with E-state index in [2.05, 4.69) is 15.6 Å². The number of methoxy groups -OCH3 is 2. The third kappa shape index (κ3) is 4.87. The first-order chi connectivity index (χ1) is 14.0. The van der Waals surface area contributed by atoms with Gasteiger partial charge in [-0.15, -0.1) is 0 Å². The number of H-pyrrole nitrogens is 1. The monoisotopic (exact) mass is 395 g/mol. The molecule has 0 fully saturated rings. The van der Waals surface area contributed by atoms with Crippen LogP contribution in [0.5, 0.6) is 11.5 Å². The van der Waals surface area contributed by atoms with Crippen molar-refractivity contribution in [2.45, 2.75) is 25.9 Å². The maximum absolute atomic E-state index is 12.8. The zero-order valence-corrected chi connectivity index (χ0v) is 16.7. The fourth-order valence-electron chi connectivity index (χ4n) is 3.28. The highest BCUT2D eigenvalue weighted by Gasteiger charge is 2.21. The topological polar surface area (TPSA) is 92.5 Å². The second kappa shape index (κ2) is 9.14. The molecule has 2 amide bonds. The van der Waals surface area contributed by atoms with Crippen molar-refractivity contribution in [2.75, 3.05) is 14.2 Å². The molecular formula is C22H25N3O4. The third-order valence-corrected chi connectivity index (χ3v) is 4.71. The van der Waals surface area contributed by atoms with Gasteiger partial charge in [-0.3, -0.25) is 9.59 Å². The zero-order chi connectivity index (χ0) is 20.8. The first-order valence-electron chi connectivity index (χ1n) is 9.32. The van der Waals surface area contributed by atoms with Crippen LogP contribution in [-0.4, -0.2) is 37.1 Å². The van der Waals surface area contributed by atoms with Gasteiger partial charge < -0.3 is 25.1 Å². The third-order valence-electron chi connectivity index (χ3n) is 4.71. The molecule has 3 aromatic rings. The highest BCUT2D eigenvalue weighted by molar-refractivity contribution is 5.89. The van der Waals surface area contributed by atoms with Crippen LogP contribution in [0.3, 0.4) is 0 Å². The van der Waals surface area contributed by atoms with E-state index in [0.29, 0.717) is 24.5 Å². The molecule has 1 aromatic heterocycles. The lowest BCUT2D eigenvalue weighted by molar-refractivity contribution is -0.128. The van der Waals surface area contributed by atoms with Crippen LogP contribution in [0.2, 0.25) is 0 Å². The molecule has 1 heterocycles. The molecule has 0 aliphatic carbocycles. The summed E-state index contributed by atoms with van der Waals surface area (Å²) in [7, 11) is 3.14. The smallest absolute Gasteiger partial charge is 0.243 e. The maximum atomic E-state index is 12.8. The summed E-state index contributed by atoms with van der Waals surface area (Å²) in [5.74, 6) is 0.714. The predicted octanol–water partition coefficient (Wildman–Crippen LogP) is 2.55. The quantitative estimate of drug-likeness (QED) is 0.547. The van der Waals surface area contributed by atoms with Gasteiger partial charge in [0.25, 0.3) is 0 Å². The fourth-order valence-corrected chi connectivity index (χ4v) is 3.28. The standard InChI is InChI=1S/C22H25N3O4/c1-14(26)25-19(11-16-13-23-18-7-5-4-6-17(16)18)22(27)24-12-15-8-9-20(28-2)21(10-15)29-3/h4-10,13,19,23H,11-12H2,1-3H3,(H,24,27)(H,25,26)/t19-/m0/s1. The number of hydrogen-bond acceptors (Lipinski definition) is 4. The molecule has 7 heteroatoms. The molecule has 0 aliphatic heterocycles. The Morgan fingerprint density at radius 3 is 2.55 bits per heavy atom. The normalized spacial score (nSPS) is 11.7. The number of benzene rings is 2. The summed E-state index contributed by atoms with van der Waals surface area (Å²) < 4.78 is 10.5. The van der Waals surface area contributed by atoms with Gasteiger partial charge in [0.1, 0.15) is 6.04 Å². The van der Waals surface area contributed by atoms with Gasteiger partial charge in [-0.05, 0) is 29.3 Å². The number of fused-ring (bicyclic) bond motifs is 1. The number of carbonyl (C=O) groups is 2. The minimum atomic E-state index is -0.674. The molecule has 0 bridgehead atoms.